The molecule has 0 radical (unpaired) electrons. The van der Waals surface area contributed by atoms with Gasteiger partial charge in [0.05, 0.1) is 30.0 Å². The molecule has 8 nitrogen and oxygen atoms in total. The summed E-state index contributed by atoms with van der Waals surface area (Å²) in [4.78, 5) is 35.3. The first-order valence-electron chi connectivity index (χ1n) is 14.3. The van der Waals surface area contributed by atoms with Crippen molar-refractivity contribution < 1.29 is 9.53 Å². The number of carbonyl (C=O) groups is 1. The monoisotopic (exact) mass is 567 g/mol. The number of fused-ring (bicyclic) bond motifs is 5. The number of pyridine rings is 2. The molecule has 2 fully saturated rings. The third-order valence-corrected chi connectivity index (χ3v) is 10.0. The highest BCUT2D eigenvalue weighted by atomic mass is 32.1. The number of hydrogen-bond acceptors (Lipinski definition) is 7. The Labute approximate surface area is 243 Å². The fraction of sp³-hybridized carbons (Fsp3) is 0.344. The minimum absolute atomic E-state index is 0.0570. The van der Waals surface area contributed by atoms with Crippen molar-refractivity contribution in [2.75, 3.05) is 41.8 Å². The number of anilines is 4. The van der Waals surface area contributed by atoms with Crippen LogP contribution in [-0.4, -0.2) is 41.8 Å². The van der Waals surface area contributed by atoms with Crippen molar-refractivity contribution in [2.45, 2.75) is 38.0 Å². The van der Waals surface area contributed by atoms with Crippen molar-refractivity contribution in [1.82, 2.24) is 9.55 Å². The number of rotatable bonds is 6. The maximum absolute atomic E-state index is 13.3. The molecule has 3 aromatic heterocycles. The van der Waals surface area contributed by atoms with Gasteiger partial charge in [-0.2, -0.15) is 0 Å². The van der Waals surface area contributed by atoms with Crippen LogP contribution in [0.5, 0.6) is 0 Å². The molecule has 1 saturated heterocycles. The first kappa shape index (κ1) is 26.0. The molecule has 4 heterocycles. The highest BCUT2D eigenvalue weighted by Gasteiger charge is 2.39. The van der Waals surface area contributed by atoms with E-state index in [-0.39, 0.29) is 11.5 Å². The van der Waals surface area contributed by atoms with Crippen LogP contribution < -0.4 is 21.1 Å². The lowest BCUT2D eigenvalue weighted by Crippen LogP contribution is -2.36. The lowest BCUT2D eigenvalue weighted by Gasteiger charge is -2.28. The number of morpholine rings is 1. The van der Waals surface area contributed by atoms with Crippen molar-refractivity contribution in [3.8, 4) is 11.1 Å². The number of hydrogen-bond donors (Lipinski definition) is 2. The number of nitrogens with one attached hydrogen (secondary N) is 2. The average Bonchev–Trinajstić information content (AvgIpc) is 3.72. The number of nitrogens with zero attached hydrogens (tertiary/aromatic N) is 3. The van der Waals surface area contributed by atoms with Crippen molar-refractivity contribution in [1.29, 1.82) is 0 Å². The Bertz CT molecular complexity index is 1660. The third-order valence-electron chi connectivity index (χ3n) is 8.72. The second-order valence-electron chi connectivity index (χ2n) is 11.3. The molecule has 1 aromatic carbocycles. The fourth-order valence-electron chi connectivity index (χ4n) is 6.49. The predicted molar refractivity (Wildman–Crippen MR) is 164 cm³/mol. The number of aromatic nitrogens is 2. The van der Waals surface area contributed by atoms with Gasteiger partial charge < -0.3 is 24.8 Å². The average molecular weight is 568 g/mol. The molecule has 9 heteroatoms. The number of thiophene rings is 1. The van der Waals surface area contributed by atoms with Gasteiger partial charge in [-0.1, -0.05) is 12.1 Å². The first-order valence-corrected chi connectivity index (χ1v) is 15.1. The highest BCUT2D eigenvalue weighted by Crippen LogP contribution is 2.56. The van der Waals surface area contributed by atoms with Gasteiger partial charge in [0.15, 0.2) is 0 Å². The number of aryl methyl sites for hydroxylation is 1. The Morgan fingerprint density at radius 1 is 1.07 bits per heavy atom. The summed E-state index contributed by atoms with van der Waals surface area (Å²) in [5.41, 5.74) is 6.27. The largest absolute Gasteiger partial charge is 0.378 e. The summed E-state index contributed by atoms with van der Waals surface area (Å²) in [5.74, 6) is 1.84. The predicted octanol–water partition coefficient (Wildman–Crippen LogP) is 6.01. The van der Waals surface area contributed by atoms with Gasteiger partial charge in [-0.3, -0.25) is 9.59 Å². The van der Waals surface area contributed by atoms with Gasteiger partial charge in [-0.15, -0.1) is 11.3 Å². The van der Waals surface area contributed by atoms with Crippen molar-refractivity contribution in [2.24, 2.45) is 7.05 Å². The molecule has 2 N–H and O–H groups in total. The molecule has 1 aliphatic heterocycles. The molecule has 210 valence electrons. The molecule has 1 amide bonds. The van der Waals surface area contributed by atoms with E-state index in [1.165, 1.54) is 29.7 Å². The van der Waals surface area contributed by atoms with Gasteiger partial charge >= 0.3 is 0 Å². The van der Waals surface area contributed by atoms with E-state index in [0.29, 0.717) is 36.6 Å². The lowest BCUT2D eigenvalue weighted by atomic mass is 9.98. The van der Waals surface area contributed by atoms with Crippen molar-refractivity contribution in [3.05, 3.63) is 86.1 Å². The minimum Gasteiger partial charge on any atom is -0.378 e. The summed E-state index contributed by atoms with van der Waals surface area (Å²) in [6, 6.07) is 13.8. The van der Waals surface area contributed by atoms with E-state index >= 15 is 0 Å². The Morgan fingerprint density at radius 2 is 1.90 bits per heavy atom. The van der Waals surface area contributed by atoms with Gasteiger partial charge in [0.1, 0.15) is 11.5 Å². The zero-order valence-corrected chi connectivity index (χ0v) is 24.1. The van der Waals surface area contributed by atoms with Gasteiger partial charge in [0.25, 0.3) is 11.5 Å². The topological polar surface area (TPSA) is 88.5 Å². The van der Waals surface area contributed by atoms with Crippen LogP contribution in [0.4, 0.5) is 22.9 Å². The second kappa shape index (κ2) is 10.5. The maximum atomic E-state index is 13.3. The van der Waals surface area contributed by atoms with Crippen molar-refractivity contribution >= 4 is 40.1 Å². The molecule has 2 aliphatic carbocycles. The van der Waals surface area contributed by atoms with E-state index in [0.717, 1.165) is 46.0 Å². The molecule has 0 spiro atoms. The van der Waals surface area contributed by atoms with E-state index in [4.69, 9.17) is 4.74 Å². The maximum Gasteiger partial charge on any atom is 0.274 e. The SMILES string of the molecule is Cc1c(NC(=O)c2cc3c(s2)C2CCC3C2)cccc1-c1cc(Nc2ccc(N3CCOCC3)cn2)c(=O)n(C)c1. The van der Waals surface area contributed by atoms with Gasteiger partial charge in [-0.25, -0.2) is 4.98 Å². The van der Waals surface area contributed by atoms with E-state index in [1.807, 2.05) is 55.7 Å². The summed E-state index contributed by atoms with van der Waals surface area (Å²) in [5, 5.41) is 6.37. The van der Waals surface area contributed by atoms with Crippen LogP contribution >= 0.6 is 11.3 Å². The smallest absolute Gasteiger partial charge is 0.274 e. The minimum atomic E-state index is -0.144. The standard InChI is InChI=1S/C32H33N5O3S/c1-19-24(4-3-5-26(19)35-31(38)28-16-25-20-6-7-21(14-20)30(25)41-28)22-15-27(32(39)36(2)18-22)34-29-9-8-23(17-33-29)37-10-12-40-13-11-37/h3-5,8-9,15-18,20-21H,6-7,10-14H2,1-2H3,(H,33,34)(H,35,38). The van der Waals surface area contributed by atoms with Crippen LogP contribution in [0.2, 0.25) is 0 Å². The van der Waals surface area contributed by atoms with Gasteiger partial charge in [-0.05, 0) is 85.0 Å². The van der Waals surface area contributed by atoms with Crippen LogP contribution in [0, 0.1) is 6.92 Å². The summed E-state index contributed by atoms with van der Waals surface area (Å²) in [7, 11) is 1.75. The van der Waals surface area contributed by atoms with E-state index in [2.05, 4.69) is 26.6 Å². The molecule has 1 saturated carbocycles. The molecular weight excluding hydrogens is 534 g/mol. The van der Waals surface area contributed by atoms with E-state index < -0.39 is 0 Å². The first-order chi connectivity index (χ1) is 19.9. The molecule has 41 heavy (non-hydrogen) atoms. The number of benzene rings is 1. The number of amides is 1. The van der Waals surface area contributed by atoms with Crippen LogP contribution in [0.25, 0.3) is 11.1 Å². The van der Waals surface area contributed by atoms with Crippen LogP contribution in [0.1, 0.15) is 56.8 Å². The summed E-state index contributed by atoms with van der Waals surface area (Å²) in [6.45, 7) is 5.11. The molecule has 2 unspecified atom stereocenters. The summed E-state index contributed by atoms with van der Waals surface area (Å²) < 4.78 is 7.01. The van der Waals surface area contributed by atoms with E-state index in [1.54, 1.807) is 23.0 Å². The summed E-state index contributed by atoms with van der Waals surface area (Å²) in [6.07, 6.45) is 7.42. The van der Waals surface area contributed by atoms with Crippen LogP contribution in [0.15, 0.2) is 59.7 Å². The molecule has 4 aromatic rings. The molecule has 2 atom stereocenters. The van der Waals surface area contributed by atoms with Crippen molar-refractivity contribution in [3.63, 3.8) is 0 Å². The quantitative estimate of drug-likeness (QED) is 0.297. The Hall–Kier alpha value is -3.95. The van der Waals surface area contributed by atoms with Crippen LogP contribution in [-0.2, 0) is 11.8 Å². The zero-order valence-electron chi connectivity index (χ0n) is 23.3. The zero-order chi connectivity index (χ0) is 28.1. The fourth-order valence-corrected chi connectivity index (χ4v) is 7.78. The Morgan fingerprint density at radius 3 is 2.68 bits per heavy atom. The second-order valence-corrected chi connectivity index (χ2v) is 12.3. The molecule has 2 bridgehead atoms. The molecular formula is C32H33N5O3S. The third kappa shape index (κ3) is 4.83. The van der Waals surface area contributed by atoms with E-state index in [9.17, 15) is 9.59 Å². The van der Waals surface area contributed by atoms with Gasteiger partial charge in [0.2, 0.25) is 0 Å². The van der Waals surface area contributed by atoms with Crippen LogP contribution in [0.3, 0.4) is 0 Å². The Kier molecular flexibility index (Phi) is 6.63. The normalized spacial score (nSPS) is 19.3. The van der Waals surface area contributed by atoms with Gasteiger partial charge in [0, 0.05) is 42.5 Å². The Balaban J connectivity index is 1.12. The number of carbonyl (C=O) groups excluding carboxylic acids is 1. The number of ether oxygens (including phenoxy) is 1. The summed E-state index contributed by atoms with van der Waals surface area (Å²) >= 11 is 1.66. The molecule has 3 aliphatic rings. The highest BCUT2D eigenvalue weighted by molar-refractivity contribution is 7.14. The lowest BCUT2D eigenvalue weighted by molar-refractivity contribution is 0.103. The molecule has 7 rings (SSSR count).